The highest BCUT2D eigenvalue weighted by molar-refractivity contribution is 6.76. The van der Waals surface area contributed by atoms with Crippen molar-refractivity contribution in [3.63, 3.8) is 0 Å². The Morgan fingerprint density at radius 1 is 1.17 bits per heavy atom. The molecule has 0 N–H and O–H groups in total. The summed E-state index contributed by atoms with van der Waals surface area (Å²) in [4.78, 5) is 12.1. The number of esters is 1. The summed E-state index contributed by atoms with van der Waals surface area (Å²) in [7, 11) is -1.16. The lowest BCUT2D eigenvalue weighted by Crippen LogP contribution is -2.22. The standard InChI is InChI=1S/C20H32O2Si/c1-15(2)14-19(16(3)4)17-8-10-18(11-9-17)20(21)22-12-13-23(5,6)7/h8-11,16,19H,1,12-14H2,2-7H3. The van der Waals surface area contributed by atoms with Crippen LogP contribution in [0.1, 0.15) is 49.0 Å². The Hall–Kier alpha value is -1.35. The zero-order valence-electron chi connectivity index (χ0n) is 15.6. The Balaban J connectivity index is 2.71. The average Bonchev–Trinajstić information content (AvgIpc) is 2.43. The van der Waals surface area contributed by atoms with Gasteiger partial charge in [-0.2, -0.15) is 0 Å². The van der Waals surface area contributed by atoms with E-state index < -0.39 is 8.07 Å². The van der Waals surface area contributed by atoms with E-state index in [1.165, 1.54) is 11.1 Å². The smallest absolute Gasteiger partial charge is 0.338 e. The van der Waals surface area contributed by atoms with Crippen molar-refractivity contribution < 1.29 is 9.53 Å². The summed E-state index contributed by atoms with van der Waals surface area (Å²) in [5.41, 5.74) is 3.10. The summed E-state index contributed by atoms with van der Waals surface area (Å²) in [6, 6.07) is 8.90. The summed E-state index contributed by atoms with van der Waals surface area (Å²) in [5.74, 6) is 0.779. The van der Waals surface area contributed by atoms with E-state index in [0.29, 0.717) is 24.0 Å². The Kier molecular flexibility index (Phi) is 7.27. The molecule has 1 atom stereocenters. The minimum absolute atomic E-state index is 0.212. The van der Waals surface area contributed by atoms with Gasteiger partial charge in [0, 0.05) is 8.07 Å². The van der Waals surface area contributed by atoms with Gasteiger partial charge in [0.2, 0.25) is 0 Å². The van der Waals surface area contributed by atoms with E-state index in [1.807, 2.05) is 12.1 Å². The molecule has 3 heteroatoms. The van der Waals surface area contributed by atoms with Crippen molar-refractivity contribution in [2.75, 3.05) is 6.61 Å². The molecule has 2 nitrogen and oxygen atoms in total. The van der Waals surface area contributed by atoms with Crippen LogP contribution < -0.4 is 0 Å². The van der Waals surface area contributed by atoms with E-state index in [9.17, 15) is 4.79 Å². The molecule has 0 radical (unpaired) electrons. The van der Waals surface area contributed by atoms with E-state index in [0.717, 1.165) is 12.5 Å². The summed E-state index contributed by atoms with van der Waals surface area (Å²) < 4.78 is 5.40. The quantitative estimate of drug-likeness (QED) is 0.337. The van der Waals surface area contributed by atoms with Crippen LogP contribution in [-0.4, -0.2) is 20.7 Å². The topological polar surface area (TPSA) is 26.3 Å². The van der Waals surface area contributed by atoms with Crippen LogP contribution in [0.4, 0.5) is 0 Å². The van der Waals surface area contributed by atoms with Crippen molar-refractivity contribution in [3.05, 3.63) is 47.5 Å². The molecule has 1 aromatic rings. The first-order valence-electron chi connectivity index (χ1n) is 8.51. The average molecular weight is 333 g/mol. The molecule has 0 bridgehead atoms. The molecule has 0 fully saturated rings. The maximum absolute atomic E-state index is 12.1. The zero-order valence-corrected chi connectivity index (χ0v) is 16.6. The second kappa shape index (κ2) is 8.49. The van der Waals surface area contributed by atoms with Crippen molar-refractivity contribution in [2.24, 2.45) is 5.92 Å². The Morgan fingerprint density at radius 2 is 1.74 bits per heavy atom. The molecule has 0 saturated carbocycles. The van der Waals surface area contributed by atoms with Crippen LogP contribution >= 0.6 is 0 Å². The first-order chi connectivity index (χ1) is 10.6. The number of allylic oxidation sites excluding steroid dienone is 1. The molecule has 0 aromatic heterocycles. The Labute approximate surface area is 143 Å². The minimum Gasteiger partial charge on any atom is -0.462 e. The molecule has 0 saturated heterocycles. The van der Waals surface area contributed by atoms with Crippen LogP contribution in [0.5, 0.6) is 0 Å². The molecule has 1 rings (SSSR count). The van der Waals surface area contributed by atoms with E-state index >= 15 is 0 Å². The number of benzene rings is 1. The van der Waals surface area contributed by atoms with Gasteiger partial charge >= 0.3 is 5.97 Å². The van der Waals surface area contributed by atoms with Crippen molar-refractivity contribution in [2.45, 2.75) is 58.8 Å². The van der Waals surface area contributed by atoms with Crippen LogP contribution in [0.25, 0.3) is 0 Å². The SMILES string of the molecule is C=C(C)CC(c1ccc(C(=O)OCC[Si](C)(C)C)cc1)C(C)C. The first kappa shape index (κ1) is 19.7. The predicted octanol–water partition coefficient (Wildman–Crippen LogP) is 5.89. The van der Waals surface area contributed by atoms with E-state index in [2.05, 4.69) is 59.1 Å². The number of ether oxygens (including phenoxy) is 1. The lowest BCUT2D eigenvalue weighted by Gasteiger charge is -2.21. The third kappa shape index (κ3) is 7.17. The number of hydrogen-bond donors (Lipinski definition) is 0. The Bertz CT molecular complexity index is 524. The van der Waals surface area contributed by atoms with Gasteiger partial charge in [-0.1, -0.05) is 51.2 Å². The molecule has 0 amide bonds. The predicted molar refractivity (Wildman–Crippen MR) is 102 cm³/mol. The van der Waals surface area contributed by atoms with Crippen molar-refractivity contribution in [1.29, 1.82) is 0 Å². The second-order valence-electron chi connectivity index (χ2n) is 8.08. The molecule has 128 valence electrons. The summed E-state index contributed by atoms with van der Waals surface area (Å²) in [6.07, 6.45) is 0.984. The van der Waals surface area contributed by atoms with Gasteiger partial charge in [0.15, 0.2) is 0 Å². The van der Waals surface area contributed by atoms with Gasteiger partial charge in [0.25, 0.3) is 0 Å². The van der Waals surface area contributed by atoms with Gasteiger partial charge in [0.1, 0.15) is 0 Å². The van der Waals surface area contributed by atoms with Crippen LogP contribution in [-0.2, 0) is 4.74 Å². The normalized spacial score (nSPS) is 13.0. The molecule has 0 spiro atoms. The second-order valence-corrected chi connectivity index (χ2v) is 13.7. The first-order valence-corrected chi connectivity index (χ1v) is 12.2. The highest BCUT2D eigenvalue weighted by Gasteiger charge is 2.18. The van der Waals surface area contributed by atoms with Gasteiger partial charge in [-0.3, -0.25) is 0 Å². The van der Waals surface area contributed by atoms with Gasteiger partial charge in [-0.25, -0.2) is 4.79 Å². The number of carbonyl (C=O) groups excluding carboxylic acids is 1. The van der Waals surface area contributed by atoms with Crippen LogP contribution in [0, 0.1) is 5.92 Å². The molecule has 1 unspecified atom stereocenters. The molecular weight excluding hydrogens is 300 g/mol. The van der Waals surface area contributed by atoms with Crippen molar-refractivity contribution in [3.8, 4) is 0 Å². The summed E-state index contributed by atoms with van der Waals surface area (Å²) in [6.45, 7) is 17.9. The van der Waals surface area contributed by atoms with Crippen molar-refractivity contribution >= 4 is 14.0 Å². The lowest BCUT2D eigenvalue weighted by atomic mass is 9.83. The molecule has 0 aliphatic heterocycles. The highest BCUT2D eigenvalue weighted by Crippen LogP contribution is 2.30. The van der Waals surface area contributed by atoms with E-state index in [-0.39, 0.29) is 5.97 Å². The van der Waals surface area contributed by atoms with Gasteiger partial charge in [0.05, 0.1) is 12.2 Å². The summed E-state index contributed by atoms with van der Waals surface area (Å²) >= 11 is 0. The zero-order chi connectivity index (χ0) is 17.6. The van der Waals surface area contributed by atoms with Crippen molar-refractivity contribution in [1.82, 2.24) is 0 Å². The fraction of sp³-hybridized carbons (Fsp3) is 0.550. The van der Waals surface area contributed by atoms with Gasteiger partial charge in [-0.15, -0.1) is 6.58 Å². The maximum atomic E-state index is 12.1. The van der Waals surface area contributed by atoms with Gasteiger partial charge in [-0.05, 0) is 48.9 Å². The lowest BCUT2D eigenvalue weighted by molar-refractivity contribution is 0.0525. The van der Waals surface area contributed by atoms with Crippen LogP contribution in [0.2, 0.25) is 25.7 Å². The maximum Gasteiger partial charge on any atom is 0.338 e. The molecule has 0 aliphatic rings. The third-order valence-corrected chi connectivity index (χ3v) is 5.74. The molecule has 0 heterocycles. The number of carbonyl (C=O) groups is 1. The largest absolute Gasteiger partial charge is 0.462 e. The van der Waals surface area contributed by atoms with E-state index in [1.54, 1.807) is 0 Å². The monoisotopic (exact) mass is 332 g/mol. The highest BCUT2D eigenvalue weighted by atomic mass is 28.3. The molecule has 1 aromatic carbocycles. The third-order valence-electron chi connectivity index (χ3n) is 4.03. The molecule has 0 aliphatic carbocycles. The fourth-order valence-electron chi connectivity index (χ4n) is 2.51. The number of rotatable bonds is 8. The summed E-state index contributed by atoms with van der Waals surface area (Å²) in [5, 5.41) is 0. The number of hydrogen-bond acceptors (Lipinski definition) is 2. The minimum atomic E-state index is -1.16. The van der Waals surface area contributed by atoms with Gasteiger partial charge < -0.3 is 4.74 Å². The van der Waals surface area contributed by atoms with E-state index in [4.69, 9.17) is 4.74 Å². The molecular formula is C20H32O2Si. The Morgan fingerprint density at radius 3 is 2.17 bits per heavy atom. The van der Waals surface area contributed by atoms with Crippen LogP contribution in [0.15, 0.2) is 36.4 Å². The fourth-order valence-corrected chi connectivity index (χ4v) is 3.23. The molecule has 23 heavy (non-hydrogen) atoms. The van der Waals surface area contributed by atoms with Crippen LogP contribution in [0.3, 0.4) is 0 Å².